The summed E-state index contributed by atoms with van der Waals surface area (Å²) < 4.78 is 5.20. The summed E-state index contributed by atoms with van der Waals surface area (Å²) in [6.45, 7) is 7.21. The number of fused-ring (bicyclic) bond motifs is 3. The van der Waals surface area contributed by atoms with Crippen molar-refractivity contribution in [2.45, 2.75) is 72.1 Å². The number of hydrogen-bond donors (Lipinski definition) is 1. The van der Waals surface area contributed by atoms with Crippen molar-refractivity contribution in [1.82, 2.24) is 0 Å². The van der Waals surface area contributed by atoms with Gasteiger partial charge in [0.1, 0.15) is 0 Å². The topological polar surface area (TPSA) is 46.5 Å². The van der Waals surface area contributed by atoms with Crippen LogP contribution in [0.15, 0.2) is 0 Å². The lowest BCUT2D eigenvalue weighted by atomic mass is 9.40. The molecule has 0 aromatic heterocycles. The molecule has 3 nitrogen and oxygen atoms in total. The molecule has 1 N–H and O–H groups in total. The fourth-order valence-corrected chi connectivity index (χ4v) is 7.14. The molecule has 0 spiro atoms. The Morgan fingerprint density at radius 2 is 1.87 bits per heavy atom. The van der Waals surface area contributed by atoms with Gasteiger partial charge in [0, 0.05) is 6.61 Å². The molecule has 0 amide bonds. The van der Waals surface area contributed by atoms with Gasteiger partial charge in [0.2, 0.25) is 0 Å². The van der Waals surface area contributed by atoms with E-state index in [9.17, 15) is 9.90 Å². The molecule has 0 heterocycles. The minimum atomic E-state index is -0.341. The second kappa shape index (κ2) is 5.75. The Bertz CT molecular complexity index is 476. The van der Waals surface area contributed by atoms with Crippen molar-refractivity contribution in [3.63, 3.8) is 0 Å². The van der Waals surface area contributed by atoms with E-state index in [1.165, 1.54) is 26.4 Å². The predicted molar refractivity (Wildman–Crippen MR) is 90.8 cm³/mol. The molecular weight excluding hydrogens is 288 g/mol. The zero-order valence-corrected chi connectivity index (χ0v) is 15.4. The molecular formula is C20H34O3. The van der Waals surface area contributed by atoms with E-state index in [1.54, 1.807) is 0 Å². The average Bonchev–Trinajstić information content (AvgIpc) is 2.53. The molecule has 3 aliphatic rings. The van der Waals surface area contributed by atoms with Gasteiger partial charge in [0.25, 0.3) is 0 Å². The van der Waals surface area contributed by atoms with Gasteiger partial charge in [-0.25, -0.2) is 0 Å². The quantitative estimate of drug-likeness (QED) is 0.776. The fraction of sp³-hybridized carbons (Fsp3) is 0.950. The molecule has 3 heteroatoms. The van der Waals surface area contributed by atoms with Gasteiger partial charge in [-0.15, -0.1) is 0 Å². The van der Waals surface area contributed by atoms with Gasteiger partial charge in [-0.1, -0.05) is 26.7 Å². The van der Waals surface area contributed by atoms with Crippen LogP contribution in [0, 0.1) is 34.0 Å². The van der Waals surface area contributed by atoms with Crippen LogP contribution in [-0.2, 0) is 9.53 Å². The molecule has 3 rings (SSSR count). The number of aliphatic hydroxyl groups excluding tert-OH is 1. The zero-order chi connectivity index (χ0) is 16.9. The van der Waals surface area contributed by atoms with E-state index < -0.39 is 0 Å². The van der Waals surface area contributed by atoms with Crippen molar-refractivity contribution in [3.05, 3.63) is 0 Å². The Hall–Kier alpha value is -0.570. The lowest BCUT2D eigenvalue weighted by Crippen LogP contribution is -2.60. The number of methoxy groups -OCH3 is 1. The lowest BCUT2D eigenvalue weighted by molar-refractivity contribution is -0.193. The average molecular weight is 322 g/mol. The van der Waals surface area contributed by atoms with Crippen LogP contribution in [-0.4, -0.2) is 24.8 Å². The van der Waals surface area contributed by atoms with E-state index in [0.29, 0.717) is 24.4 Å². The van der Waals surface area contributed by atoms with E-state index in [1.807, 2.05) is 0 Å². The van der Waals surface area contributed by atoms with E-state index in [-0.39, 0.29) is 22.2 Å². The molecule has 6 atom stereocenters. The van der Waals surface area contributed by atoms with Gasteiger partial charge < -0.3 is 9.84 Å². The van der Waals surface area contributed by atoms with E-state index in [4.69, 9.17) is 4.74 Å². The van der Waals surface area contributed by atoms with Gasteiger partial charge in [0.15, 0.2) is 0 Å². The number of aliphatic hydroxyl groups is 1. The van der Waals surface area contributed by atoms with Crippen LogP contribution in [0.1, 0.15) is 72.1 Å². The summed E-state index contributed by atoms with van der Waals surface area (Å²) >= 11 is 0. The number of carbonyl (C=O) groups is 1. The van der Waals surface area contributed by atoms with Crippen LogP contribution < -0.4 is 0 Å². The van der Waals surface area contributed by atoms with Gasteiger partial charge in [-0.05, 0) is 74.0 Å². The number of rotatable bonds is 2. The van der Waals surface area contributed by atoms with Crippen LogP contribution in [0.4, 0.5) is 0 Å². The van der Waals surface area contributed by atoms with Crippen molar-refractivity contribution in [2.24, 2.45) is 34.0 Å². The third-order valence-corrected chi connectivity index (χ3v) is 8.11. The van der Waals surface area contributed by atoms with Crippen LogP contribution in [0.25, 0.3) is 0 Å². The highest BCUT2D eigenvalue weighted by Gasteiger charge is 2.63. The van der Waals surface area contributed by atoms with Crippen molar-refractivity contribution < 1.29 is 14.6 Å². The molecule has 3 unspecified atom stereocenters. The molecule has 0 aromatic rings. The first-order valence-electron chi connectivity index (χ1n) is 9.52. The van der Waals surface area contributed by atoms with Gasteiger partial charge >= 0.3 is 5.97 Å². The SMILES string of the molecule is COC(=O)[C@]1(C)CCCC2(C)[C@@H]3CCC(C)CC3(CO)CC[C@@H]21. The third kappa shape index (κ3) is 2.37. The number of hydrogen-bond acceptors (Lipinski definition) is 3. The first-order chi connectivity index (χ1) is 10.8. The normalized spacial score (nSPS) is 49.9. The minimum absolute atomic E-state index is 0.0194. The van der Waals surface area contributed by atoms with E-state index in [2.05, 4.69) is 20.8 Å². The Kier molecular flexibility index (Phi) is 4.32. The fourth-order valence-electron chi connectivity index (χ4n) is 7.14. The molecule has 0 saturated heterocycles. The standard InChI is InChI=1S/C20H34O3/c1-14-6-7-16-18(2)9-5-10-19(3,17(22)23-4)15(18)8-11-20(16,12-14)13-21/h14-16,21H,5-13H2,1-4H3/t14?,15-,16-,18?,19+,20?/m0/s1. The molecule has 3 saturated carbocycles. The van der Waals surface area contributed by atoms with Gasteiger partial charge in [-0.3, -0.25) is 4.79 Å². The first kappa shape index (κ1) is 17.3. The molecule has 23 heavy (non-hydrogen) atoms. The lowest BCUT2D eigenvalue weighted by Gasteiger charge is -2.64. The second-order valence-electron chi connectivity index (χ2n) is 9.32. The highest BCUT2D eigenvalue weighted by Crippen LogP contribution is 2.68. The molecule has 3 aliphatic carbocycles. The van der Waals surface area contributed by atoms with Crippen molar-refractivity contribution in [3.8, 4) is 0 Å². The van der Waals surface area contributed by atoms with Crippen molar-refractivity contribution in [1.29, 1.82) is 0 Å². The Labute approximate surface area is 141 Å². The highest BCUT2D eigenvalue weighted by molar-refractivity contribution is 5.77. The maximum atomic E-state index is 12.6. The Balaban J connectivity index is 1.99. The van der Waals surface area contributed by atoms with Gasteiger partial charge in [-0.2, -0.15) is 0 Å². The number of ether oxygens (including phenoxy) is 1. The molecule has 0 aliphatic heterocycles. The Morgan fingerprint density at radius 1 is 1.13 bits per heavy atom. The monoisotopic (exact) mass is 322 g/mol. The molecule has 0 aromatic carbocycles. The highest BCUT2D eigenvalue weighted by atomic mass is 16.5. The third-order valence-electron chi connectivity index (χ3n) is 8.11. The summed E-state index contributed by atoms with van der Waals surface area (Å²) in [5.41, 5.74) is -0.0774. The second-order valence-corrected chi connectivity index (χ2v) is 9.32. The van der Waals surface area contributed by atoms with Crippen molar-refractivity contribution >= 4 is 5.97 Å². The maximum Gasteiger partial charge on any atom is 0.311 e. The molecule has 0 bridgehead atoms. The largest absolute Gasteiger partial charge is 0.469 e. The summed E-state index contributed by atoms with van der Waals surface area (Å²) in [7, 11) is 1.53. The summed E-state index contributed by atoms with van der Waals surface area (Å²) in [4.78, 5) is 12.6. The summed E-state index contributed by atoms with van der Waals surface area (Å²) in [6, 6.07) is 0. The smallest absolute Gasteiger partial charge is 0.311 e. The minimum Gasteiger partial charge on any atom is -0.469 e. The van der Waals surface area contributed by atoms with Crippen molar-refractivity contribution in [2.75, 3.05) is 13.7 Å². The summed E-state index contributed by atoms with van der Waals surface area (Å²) in [5, 5.41) is 10.3. The van der Waals surface area contributed by atoms with E-state index >= 15 is 0 Å². The number of esters is 1. The van der Waals surface area contributed by atoms with Crippen LogP contribution in [0.5, 0.6) is 0 Å². The van der Waals surface area contributed by atoms with E-state index in [0.717, 1.165) is 32.1 Å². The first-order valence-corrected chi connectivity index (χ1v) is 9.52. The zero-order valence-electron chi connectivity index (χ0n) is 15.4. The Morgan fingerprint density at radius 3 is 2.52 bits per heavy atom. The van der Waals surface area contributed by atoms with Crippen LogP contribution in [0.3, 0.4) is 0 Å². The molecule has 3 fully saturated rings. The molecule has 0 radical (unpaired) electrons. The predicted octanol–water partition coefficient (Wildman–Crippen LogP) is 4.18. The van der Waals surface area contributed by atoms with Crippen LogP contribution in [0.2, 0.25) is 0 Å². The number of carbonyl (C=O) groups excluding carboxylic acids is 1. The molecule has 132 valence electrons. The maximum absolute atomic E-state index is 12.6. The van der Waals surface area contributed by atoms with Crippen LogP contribution >= 0.6 is 0 Å². The van der Waals surface area contributed by atoms with Gasteiger partial charge in [0.05, 0.1) is 12.5 Å². The summed E-state index contributed by atoms with van der Waals surface area (Å²) in [6.07, 6.45) is 9.03. The summed E-state index contributed by atoms with van der Waals surface area (Å²) in [5.74, 6) is 1.65.